The van der Waals surface area contributed by atoms with Gasteiger partial charge in [-0.25, -0.2) is 9.78 Å². The Bertz CT molecular complexity index is 645. The molecule has 2 heterocycles. The summed E-state index contributed by atoms with van der Waals surface area (Å²) in [6.07, 6.45) is 4.74. The molecule has 2 amide bonds. The molecule has 1 aliphatic carbocycles. The lowest BCUT2D eigenvalue weighted by Gasteiger charge is -2.34. The minimum absolute atomic E-state index is 0.0169. The van der Waals surface area contributed by atoms with Crippen molar-refractivity contribution in [1.29, 1.82) is 0 Å². The van der Waals surface area contributed by atoms with Gasteiger partial charge in [-0.05, 0) is 58.3 Å². The van der Waals surface area contributed by atoms with Gasteiger partial charge in [0.05, 0.1) is 12.3 Å². The van der Waals surface area contributed by atoms with Crippen LogP contribution in [0.2, 0.25) is 0 Å². The van der Waals surface area contributed by atoms with Crippen LogP contribution >= 0.6 is 0 Å². The lowest BCUT2D eigenvalue weighted by molar-refractivity contribution is 0.0801. The summed E-state index contributed by atoms with van der Waals surface area (Å²) in [4.78, 5) is 30.5. The van der Waals surface area contributed by atoms with Crippen molar-refractivity contribution < 1.29 is 18.7 Å². The monoisotopic (exact) mass is 363 g/mol. The zero-order valence-electron chi connectivity index (χ0n) is 15.9. The van der Waals surface area contributed by atoms with Crippen molar-refractivity contribution in [3.05, 3.63) is 17.3 Å². The standard InChI is InChI=1S/C19H29N3O4/c1-4-25-19(24)22-9-7-15(8-10-22)12(2)21-18(23)17-13(3)20-16(26-17)11-14-5-6-14/h12,14-15H,4-11H2,1-3H3,(H,21,23). The summed E-state index contributed by atoms with van der Waals surface area (Å²) < 4.78 is 10.7. The van der Waals surface area contributed by atoms with Gasteiger partial charge in [0.2, 0.25) is 5.76 Å². The highest BCUT2D eigenvalue weighted by atomic mass is 16.6. The van der Waals surface area contributed by atoms with Crippen molar-refractivity contribution in [1.82, 2.24) is 15.2 Å². The third-order valence-corrected chi connectivity index (χ3v) is 5.34. The maximum absolute atomic E-state index is 12.6. The van der Waals surface area contributed by atoms with Crippen LogP contribution in [0.15, 0.2) is 4.42 Å². The summed E-state index contributed by atoms with van der Waals surface area (Å²) >= 11 is 0. The van der Waals surface area contributed by atoms with Crippen molar-refractivity contribution in [3.63, 3.8) is 0 Å². The second kappa shape index (κ2) is 8.10. The Kier molecular flexibility index (Phi) is 5.84. The molecule has 26 heavy (non-hydrogen) atoms. The summed E-state index contributed by atoms with van der Waals surface area (Å²) in [5.74, 6) is 1.81. The molecule has 7 heteroatoms. The number of ether oxygens (including phenoxy) is 1. The van der Waals surface area contributed by atoms with Gasteiger partial charge in [-0.15, -0.1) is 0 Å². The van der Waals surface area contributed by atoms with Gasteiger partial charge < -0.3 is 19.4 Å². The molecule has 1 aromatic heterocycles. The highest BCUT2D eigenvalue weighted by molar-refractivity contribution is 5.92. The molecular formula is C19H29N3O4. The Morgan fingerprint density at radius 1 is 1.31 bits per heavy atom. The van der Waals surface area contributed by atoms with Gasteiger partial charge in [-0.3, -0.25) is 4.79 Å². The van der Waals surface area contributed by atoms with Gasteiger partial charge >= 0.3 is 6.09 Å². The van der Waals surface area contributed by atoms with E-state index in [1.807, 2.05) is 20.8 Å². The molecule has 1 N–H and O–H groups in total. The molecule has 1 unspecified atom stereocenters. The second-order valence-electron chi connectivity index (χ2n) is 7.46. The van der Waals surface area contributed by atoms with Gasteiger partial charge in [-0.1, -0.05) is 0 Å². The third-order valence-electron chi connectivity index (χ3n) is 5.34. The van der Waals surface area contributed by atoms with Gasteiger partial charge in [0.25, 0.3) is 5.91 Å². The fraction of sp³-hybridized carbons (Fsp3) is 0.737. The van der Waals surface area contributed by atoms with Crippen molar-refractivity contribution in [2.24, 2.45) is 11.8 Å². The SMILES string of the molecule is CCOC(=O)N1CCC(C(C)NC(=O)c2oc(CC3CC3)nc2C)CC1. The van der Waals surface area contributed by atoms with Crippen LogP contribution in [-0.2, 0) is 11.2 Å². The predicted octanol–water partition coefficient (Wildman–Crippen LogP) is 2.92. The second-order valence-corrected chi connectivity index (χ2v) is 7.46. The number of hydrogen-bond acceptors (Lipinski definition) is 5. The van der Waals surface area contributed by atoms with Crippen LogP contribution in [0.3, 0.4) is 0 Å². The zero-order chi connectivity index (χ0) is 18.7. The highest BCUT2D eigenvalue weighted by Gasteiger charge is 2.30. The quantitative estimate of drug-likeness (QED) is 0.840. The first kappa shape index (κ1) is 18.7. The molecule has 0 radical (unpaired) electrons. The smallest absolute Gasteiger partial charge is 0.409 e. The van der Waals surface area contributed by atoms with Gasteiger partial charge in [0, 0.05) is 25.6 Å². The van der Waals surface area contributed by atoms with E-state index in [4.69, 9.17) is 9.15 Å². The van der Waals surface area contributed by atoms with Gasteiger partial charge in [0.1, 0.15) is 0 Å². The molecule has 3 rings (SSSR count). The Balaban J connectivity index is 1.50. The van der Waals surface area contributed by atoms with Crippen molar-refractivity contribution in [3.8, 4) is 0 Å². The number of carbonyl (C=O) groups is 2. The molecular weight excluding hydrogens is 334 g/mol. The minimum atomic E-state index is -0.247. The topological polar surface area (TPSA) is 84.7 Å². The van der Waals surface area contributed by atoms with E-state index in [9.17, 15) is 9.59 Å². The van der Waals surface area contributed by atoms with E-state index in [0.717, 1.165) is 19.3 Å². The fourth-order valence-electron chi connectivity index (χ4n) is 3.51. The largest absolute Gasteiger partial charge is 0.450 e. The van der Waals surface area contributed by atoms with Crippen molar-refractivity contribution >= 4 is 12.0 Å². The number of rotatable bonds is 6. The predicted molar refractivity (Wildman–Crippen MR) is 95.9 cm³/mol. The first-order valence-corrected chi connectivity index (χ1v) is 9.66. The number of likely N-dealkylation sites (tertiary alicyclic amines) is 1. The summed E-state index contributed by atoms with van der Waals surface area (Å²) in [5, 5.41) is 3.05. The Morgan fingerprint density at radius 3 is 2.62 bits per heavy atom. The number of nitrogens with one attached hydrogen (secondary N) is 1. The number of aryl methyl sites for hydroxylation is 1. The molecule has 1 aliphatic heterocycles. The normalized spacial score (nSPS) is 19.3. The van der Waals surface area contributed by atoms with E-state index < -0.39 is 0 Å². The molecule has 0 aromatic carbocycles. The van der Waals surface area contributed by atoms with E-state index in [0.29, 0.717) is 48.9 Å². The van der Waals surface area contributed by atoms with Crippen LogP contribution in [0.4, 0.5) is 4.79 Å². The number of oxazole rings is 1. The summed E-state index contributed by atoms with van der Waals surface area (Å²) in [5.41, 5.74) is 0.655. The highest BCUT2D eigenvalue weighted by Crippen LogP contribution is 2.32. The van der Waals surface area contributed by atoms with Crippen LogP contribution in [-0.4, -0.2) is 47.6 Å². The number of hydrogen-bond donors (Lipinski definition) is 1. The zero-order valence-corrected chi connectivity index (χ0v) is 15.9. The van der Waals surface area contributed by atoms with E-state index in [-0.39, 0.29) is 18.0 Å². The number of amides is 2. The number of aromatic nitrogens is 1. The van der Waals surface area contributed by atoms with Crippen LogP contribution in [0.25, 0.3) is 0 Å². The Hall–Kier alpha value is -2.05. The van der Waals surface area contributed by atoms with Crippen LogP contribution < -0.4 is 5.32 Å². The molecule has 1 saturated carbocycles. The maximum Gasteiger partial charge on any atom is 0.409 e. The Morgan fingerprint density at radius 2 is 2.00 bits per heavy atom. The lowest BCUT2D eigenvalue weighted by Crippen LogP contribution is -2.45. The van der Waals surface area contributed by atoms with Crippen LogP contribution in [0.5, 0.6) is 0 Å². The first-order valence-electron chi connectivity index (χ1n) is 9.66. The number of carbonyl (C=O) groups excluding carboxylic acids is 2. The summed E-state index contributed by atoms with van der Waals surface area (Å²) in [6, 6.07) is 0.0169. The number of piperidine rings is 1. The summed E-state index contributed by atoms with van der Waals surface area (Å²) in [7, 11) is 0. The molecule has 0 spiro atoms. The van der Waals surface area contributed by atoms with E-state index >= 15 is 0 Å². The van der Waals surface area contributed by atoms with Crippen molar-refractivity contribution in [2.45, 2.75) is 58.9 Å². The molecule has 0 bridgehead atoms. The van der Waals surface area contributed by atoms with Gasteiger partial charge in [0.15, 0.2) is 5.89 Å². The fourth-order valence-corrected chi connectivity index (χ4v) is 3.51. The van der Waals surface area contributed by atoms with Crippen molar-refractivity contribution in [2.75, 3.05) is 19.7 Å². The van der Waals surface area contributed by atoms with Crippen LogP contribution in [0.1, 0.15) is 61.7 Å². The molecule has 1 atom stereocenters. The molecule has 1 aromatic rings. The average Bonchev–Trinajstić information content (AvgIpc) is 3.35. The van der Waals surface area contributed by atoms with E-state index in [2.05, 4.69) is 10.3 Å². The van der Waals surface area contributed by atoms with E-state index in [1.54, 1.807) is 4.90 Å². The minimum Gasteiger partial charge on any atom is -0.450 e. The van der Waals surface area contributed by atoms with Crippen LogP contribution in [0, 0.1) is 18.8 Å². The average molecular weight is 363 g/mol. The third kappa shape index (κ3) is 4.56. The molecule has 144 valence electrons. The van der Waals surface area contributed by atoms with E-state index in [1.165, 1.54) is 12.8 Å². The van der Waals surface area contributed by atoms with Gasteiger partial charge in [-0.2, -0.15) is 0 Å². The lowest BCUT2D eigenvalue weighted by atomic mass is 9.90. The first-order chi connectivity index (χ1) is 12.5. The Labute approximate surface area is 154 Å². The maximum atomic E-state index is 12.6. The number of nitrogens with zero attached hydrogens (tertiary/aromatic N) is 2. The molecule has 2 fully saturated rings. The molecule has 2 aliphatic rings. The molecule has 1 saturated heterocycles. The summed E-state index contributed by atoms with van der Waals surface area (Å²) in [6.45, 7) is 7.36. The molecule has 7 nitrogen and oxygen atoms in total.